The number of anilines is 1. The molecule has 0 aliphatic rings. The quantitative estimate of drug-likeness (QED) is 0.832. The van der Waals surface area contributed by atoms with Crippen molar-refractivity contribution in [2.45, 2.75) is 4.90 Å². The number of benzene rings is 1. The SMILES string of the molecule is COCCN(C)S(=O)(=O)c1cc(Cl)cc(N)c1F. The molecule has 0 radical (unpaired) electrons. The molecule has 0 saturated carbocycles. The molecule has 1 aromatic carbocycles. The first kappa shape index (κ1) is 15.2. The zero-order chi connectivity index (χ0) is 13.9. The molecule has 18 heavy (non-hydrogen) atoms. The second-order valence-electron chi connectivity index (χ2n) is 3.63. The van der Waals surface area contributed by atoms with E-state index in [9.17, 15) is 12.8 Å². The Labute approximate surface area is 110 Å². The van der Waals surface area contributed by atoms with Crippen molar-refractivity contribution in [2.24, 2.45) is 0 Å². The highest BCUT2D eigenvalue weighted by Gasteiger charge is 2.26. The Morgan fingerprint density at radius 2 is 2.11 bits per heavy atom. The number of likely N-dealkylation sites (N-methyl/N-ethyl adjacent to an activating group) is 1. The van der Waals surface area contributed by atoms with Crippen LogP contribution in [0.3, 0.4) is 0 Å². The molecule has 0 amide bonds. The van der Waals surface area contributed by atoms with E-state index in [0.29, 0.717) is 0 Å². The fourth-order valence-corrected chi connectivity index (χ4v) is 2.84. The van der Waals surface area contributed by atoms with Gasteiger partial charge in [0.15, 0.2) is 5.82 Å². The van der Waals surface area contributed by atoms with E-state index in [1.807, 2.05) is 0 Å². The highest BCUT2D eigenvalue weighted by Crippen LogP contribution is 2.26. The summed E-state index contributed by atoms with van der Waals surface area (Å²) in [6, 6.07) is 2.19. The van der Waals surface area contributed by atoms with Crippen molar-refractivity contribution in [1.82, 2.24) is 4.31 Å². The van der Waals surface area contributed by atoms with Crippen LogP contribution in [0.2, 0.25) is 5.02 Å². The number of hydrogen-bond acceptors (Lipinski definition) is 4. The molecule has 0 spiro atoms. The Bertz CT molecular complexity index is 536. The van der Waals surface area contributed by atoms with Crippen LogP contribution in [-0.4, -0.2) is 40.0 Å². The van der Waals surface area contributed by atoms with E-state index < -0.39 is 20.7 Å². The Kier molecular flexibility index (Phi) is 4.92. The minimum atomic E-state index is -3.97. The maximum absolute atomic E-state index is 13.7. The van der Waals surface area contributed by atoms with E-state index in [1.54, 1.807) is 0 Å². The normalized spacial score (nSPS) is 12.1. The van der Waals surface area contributed by atoms with Crippen LogP contribution in [0.1, 0.15) is 0 Å². The molecule has 8 heteroatoms. The zero-order valence-electron chi connectivity index (χ0n) is 9.98. The van der Waals surface area contributed by atoms with Gasteiger partial charge in [-0.05, 0) is 12.1 Å². The van der Waals surface area contributed by atoms with Crippen LogP contribution in [-0.2, 0) is 14.8 Å². The molecule has 5 nitrogen and oxygen atoms in total. The molecule has 0 aliphatic heterocycles. The molecule has 0 aromatic heterocycles. The number of ether oxygens (including phenoxy) is 1. The minimum Gasteiger partial charge on any atom is -0.396 e. The molecule has 1 rings (SSSR count). The van der Waals surface area contributed by atoms with Gasteiger partial charge in [0.1, 0.15) is 4.90 Å². The van der Waals surface area contributed by atoms with Gasteiger partial charge in [0, 0.05) is 25.7 Å². The Morgan fingerprint density at radius 3 is 2.67 bits per heavy atom. The molecule has 1 aromatic rings. The van der Waals surface area contributed by atoms with Crippen LogP contribution >= 0.6 is 11.6 Å². The minimum absolute atomic E-state index is 0.0626. The molecule has 0 fully saturated rings. The highest BCUT2D eigenvalue weighted by atomic mass is 35.5. The lowest BCUT2D eigenvalue weighted by molar-refractivity contribution is 0.185. The highest BCUT2D eigenvalue weighted by molar-refractivity contribution is 7.89. The van der Waals surface area contributed by atoms with Gasteiger partial charge in [0.2, 0.25) is 10.0 Å². The lowest BCUT2D eigenvalue weighted by Crippen LogP contribution is -2.30. The van der Waals surface area contributed by atoms with Crippen LogP contribution in [0.15, 0.2) is 17.0 Å². The molecule has 0 bridgehead atoms. The largest absolute Gasteiger partial charge is 0.396 e. The van der Waals surface area contributed by atoms with Crippen LogP contribution < -0.4 is 5.73 Å². The number of nitrogens with two attached hydrogens (primary N) is 1. The van der Waals surface area contributed by atoms with Crippen molar-refractivity contribution in [2.75, 3.05) is 33.0 Å². The maximum atomic E-state index is 13.7. The smallest absolute Gasteiger partial charge is 0.245 e. The fraction of sp³-hybridized carbons (Fsp3) is 0.400. The van der Waals surface area contributed by atoms with Gasteiger partial charge >= 0.3 is 0 Å². The molecule has 102 valence electrons. The number of methoxy groups -OCH3 is 1. The number of nitrogens with zero attached hydrogens (tertiary/aromatic N) is 1. The van der Waals surface area contributed by atoms with E-state index in [-0.39, 0.29) is 23.9 Å². The fourth-order valence-electron chi connectivity index (χ4n) is 1.28. The van der Waals surface area contributed by atoms with Gasteiger partial charge in [-0.3, -0.25) is 0 Å². The summed E-state index contributed by atoms with van der Waals surface area (Å²) in [5, 5.41) is 0.0626. The average Bonchev–Trinajstić information content (AvgIpc) is 2.30. The average molecular weight is 297 g/mol. The summed E-state index contributed by atoms with van der Waals surface area (Å²) in [6.45, 7) is 0.304. The standard InChI is InChI=1S/C10H14ClFN2O3S/c1-14(3-4-17-2)18(15,16)9-6-7(11)5-8(13)10(9)12/h5-6H,3-4,13H2,1-2H3. The molecule has 0 heterocycles. The first-order chi connectivity index (χ1) is 8.30. The van der Waals surface area contributed by atoms with Crippen molar-refractivity contribution < 1.29 is 17.5 Å². The summed E-state index contributed by atoms with van der Waals surface area (Å²) in [4.78, 5) is -0.536. The number of nitrogen functional groups attached to an aromatic ring is 1. The van der Waals surface area contributed by atoms with Gasteiger partial charge in [0.25, 0.3) is 0 Å². The topological polar surface area (TPSA) is 72.6 Å². The van der Waals surface area contributed by atoms with Gasteiger partial charge in [-0.2, -0.15) is 4.31 Å². The molecular formula is C10H14ClFN2O3S. The molecular weight excluding hydrogens is 283 g/mol. The second-order valence-corrected chi connectivity index (χ2v) is 6.08. The van der Waals surface area contributed by atoms with Crippen molar-refractivity contribution in [1.29, 1.82) is 0 Å². The number of hydrogen-bond donors (Lipinski definition) is 1. The third-order valence-electron chi connectivity index (χ3n) is 2.33. The lowest BCUT2D eigenvalue weighted by Gasteiger charge is -2.17. The monoisotopic (exact) mass is 296 g/mol. The van der Waals surface area contributed by atoms with E-state index >= 15 is 0 Å². The van der Waals surface area contributed by atoms with Crippen LogP contribution in [0.5, 0.6) is 0 Å². The lowest BCUT2D eigenvalue weighted by atomic mass is 10.3. The summed E-state index contributed by atoms with van der Waals surface area (Å²) >= 11 is 5.68. The summed E-state index contributed by atoms with van der Waals surface area (Å²) in [5.74, 6) is -0.997. The van der Waals surface area contributed by atoms with Crippen molar-refractivity contribution in [3.63, 3.8) is 0 Å². The van der Waals surface area contributed by atoms with Gasteiger partial charge in [-0.15, -0.1) is 0 Å². The van der Waals surface area contributed by atoms with Crippen LogP contribution in [0.25, 0.3) is 0 Å². The first-order valence-electron chi connectivity index (χ1n) is 5.00. The van der Waals surface area contributed by atoms with E-state index in [2.05, 4.69) is 0 Å². The Hall–Kier alpha value is -0.890. The Morgan fingerprint density at radius 1 is 1.50 bits per heavy atom. The van der Waals surface area contributed by atoms with E-state index in [0.717, 1.165) is 16.4 Å². The predicted molar refractivity (Wildman–Crippen MR) is 67.5 cm³/mol. The molecule has 0 saturated heterocycles. The number of sulfonamides is 1. The number of rotatable bonds is 5. The van der Waals surface area contributed by atoms with Crippen molar-refractivity contribution >= 4 is 27.3 Å². The van der Waals surface area contributed by atoms with Gasteiger partial charge in [0.05, 0.1) is 12.3 Å². The predicted octanol–water partition coefficient (Wildman–Crippen LogP) is 1.33. The van der Waals surface area contributed by atoms with E-state index in [4.69, 9.17) is 22.1 Å². The number of halogens is 2. The summed E-state index contributed by atoms with van der Waals surface area (Å²) in [5.41, 5.74) is 5.05. The first-order valence-corrected chi connectivity index (χ1v) is 6.82. The van der Waals surface area contributed by atoms with Gasteiger partial charge in [-0.25, -0.2) is 12.8 Å². The molecule has 0 atom stereocenters. The van der Waals surface area contributed by atoms with Crippen LogP contribution in [0.4, 0.5) is 10.1 Å². The summed E-state index contributed by atoms with van der Waals surface area (Å²) in [7, 11) is -1.21. The molecule has 2 N–H and O–H groups in total. The second kappa shape index (κ2) is 5.83. The van der Waals surface area contributed by atoms with Crippen LogP contribution in [0, 0.1) is 5.82 Å². The van der Waals surface area contributed by atoms with Gasteiger partial charge < -0.3 is 10.5 Å². The third kappa shape index (κ3) is 3.11. The summed E-state index contributed by atoms with van der Waals surface area (Å²) in [6.07, 6.45) is 0. The van der Waals surface area contributed by atoms with Crippen molar-refractivity contribution in [3.8, 4) is 0 Å². The van der Waals surface area contributed by atoms with Gasteiger partial charge in [-0.1, -0.05) is 11.6 Å². The molecule has 0 unspecified atom stereocenters. The summed E-state index contributed by atoms with van der Waals surface area (Å²) < 4.78 is 43.6. The maximum Gasteiger partial charge on any atom is 0.245 e. The zero-order valence-corrected chi connectivity index (χ0v) is 11.6. The van der Waals surface area contributed by atoms with Crippen molar-refractivity contribution in [3.05, 3.63) is 23.0 Å². The Balaban J connectivity index is 3.20. The molecule has 0 aliphatic carbocycles. The third-order valence-corrected chi connectivity index (χ3v) is 4.40. The van der Waals surface area contributed by atoms with E-state index in [1.165, 1.54) is 14.2 Å².